The number of nitrogens with zero attached hydrogens (tertiary/aromatic N) is 2. The lowest BCUT2D eigenvalue weighted by molar-refractivity contribution is 0.568. The fourth-order valence-corrected chi connectivity index (χ4v) is 3.65. The molecule has 146 valence electrons. The Kier molecular flexibility index (Phi) is 5.66. The molecule has 1 aromatic heterocycles. The summed E-state index contributed by atoms with van der Waals surface area (Å²) < 4.78 is 54.5. The van der Waals surface area contributed by atoms with E-state index in [1.165, 1.54) is 60.3 Å². The van der Waals surface area contributed by atoms with Gasteiger partial charge in [-0.15, -0.1) is 0 Å². The van der Waals surface area contributed by atoms with Gasteiger partial charge < -0.3 is 0 Å². The predicted molar refractivity (Wildman–Crippen MR) is 100 cm³/mol. The maximum Gasteiger partial charge on any atom is 0.253 e. The van der Waals surface area contributed by atoms with Gasteiger partial charge in [-0.1, -0.05) is 0 Å². The van der Waals surface area contributed by atoms with Crippen molar-refractivity contribution in [1.29, 1.82) is 0 Å². The summed E-state index contributed by atoms with van der Waals surface area (Å²) in [5.74, 6) is -0.876. The molecular weight excluding hydrogens is 388 g/mol. The molecule has 28 heavy (non-hydrogen) atoms. The van der Waals surface area contributed by atoms with Gasteiger partial charge in [0.2, 0.25) is 10.0 Å². The minimum atomic E-state index is -3.83. The number of rotatable bonds is 6. The number of halogens is 2. The first-order chi connectivity index (χ1) is 13.3. The smallest absolute Gasteiger partial charge is 0.253 e. The van der Waals surface area contributed by atoms with Gasteiger partial charge in [0.15, 0.2) is 0 Å². The molecule has 0 spiro atoms. The Hall–Kier alpha value is -2.91. The van der Waals surface area contributed by atoms with Crippen molar-refractivity contribution < 1.29 is 17.2 Å². The molecule has 2 aromatic carbocycles. The Morgan fingerprint density at radius 2 is 1.79 bits per heavy atom. The second-order valence-corrected chi connectivity index (χ2v) is 7.89. The molecule has 0 fully saturated rings. The summed E-state index contributed by atoms with van der Waals surface area (Å²) >= 11 is 0. The van der Waals surface area contributed by atoms with Crippen LogP contribution in [0.5, 0.6) is 0 Å². The van der Waals surface area contributed by atoms with Gasteiger partial charge in [0, 0.05) is 24.7 Å². The van der Waals surface area contributed by atoms with E-state index >= 15 is 0 Å². The van der Waals surface area contributed by atoms with Crippen LogP contribution >= 0.6 is 0 Å². The topological polar surface area (TPSA) is 81.1 Å². The number of benzene rings is 2. The lowest BCUT2D eigenvalue weighted by atomic mass is 10.1. The molecule has 0 radical (unpaired) electrons. The average molecular weight is 405 g/mol. The third-order valence-corrected chi connectivity index (χ3v) is 5.56. The molecule has 0 saturated heterocycles. The molecule has 1 heterocycles. The van der Waals surface area contributed by atoms with E-state index in [-0.39, 0.29) is 34.9 Å². The van der Waals surface area contributed by atoms with E-state index in [1.807, 2.05) is 0 Å². The Labute approximate surface area is 160 Å². The van der Waals surface area contributed by atoms with Gasteiger partial charge in [-0.05, 0) is 55.0 Å². The second kappa shape index (κ2) is 7.99. The van der Waals surface area contributed by atoms with Crippen LogP contribution in [0.3, 0.4) is 0 Å². The fourth-order valence-electron chi connectivity index (χ4n) is 2.54. The van der Waals surface area contributed by atoms with Gasteiger partial charge in [0.1, 0.15) is 11.6 Å². The summed E-state index contributed by atoms with van der Waals surface area (Å²) in [7, 11) is -3.83. The largest absolute Gasteiger partial charge is 0.298 e. The zero-order chi connectivity index (χ0) is 20.3. The number of hydrogen-bond acceptors (Lipinski definition) is 4. The van der Waals surface area contributed by atoms with Crippen molar-refractivity contribution in [2.75, 3.05) is 6.54 Å². The van der Waals surface area contributed by atoms with E-state index in [2.05, 4.69) is 9.71 Å². The van der Waals surface area contributed by atoms with Gasteiger partial charge in [-0.25, -0.2) is 26.9 Å². The maximum atomic E-state index is 13.3. The highest BCUT2D eigenvalue weighted by Crippen LogP contribution is 2.15. The number of aromatic nitrogens is 2. The van der Waals surface area contributed by atoms with Crippen LogP contribution in [0, 0.1) is 18.6 Å². The van der Waals surface area contributed by atoms with Crippen molar-refractivity contribution >= 4 is 10.0 Å². The predicted octanol–water partition coefficient (Wildman–Crippen LogP) is 2.48. The fraction of sp³-hybridized carbons (Fsp3) is 0.158. The van der Waals surface area contributed by atoms with Gasteiger partial charge in [0.05, 0.1) is 16.9 Å². The monoisotopic (exact) mass is 405 g/mol. The molecule has 0 bridgehead atoms. The van der Waals surface area contributed by atoms with Crippen molar-refractivity contribution in [3.8, 4) is 11.3 Å². The normalized spacial score (nSPS) is 11.5. The van der Waals surface area contributed by atoms with Crippen LogP contribution in [0.1, 0.15) is 5.56 Å². The minimum absolute atomic E-state index is 0.0454. The standard InChI is InChI=1S/C19H17F2N3O3S/c1-13-10-16(6-7-17(13)21)28(26,27)23-8-9-24-12-22-18(11-19(24)25)14-2-4-15(20)5-3-14/h2-7,10-12,23H,8-9H2,1H3. The van der Waals surface area contributed by atoms with Crippen LogP contribution < -0.4 is 10.3 Å². The summed E-state index contributed by atoms with van der Waals surface area (Å²) in [4.78, 5) is 16.3. The van der Waals surface area contributed by atoms with Crippen LogP contribution in [0.15, 0.2) is 64.5 Å². The van der Waals surface area contributed by atoms with Crippen molar-refractivity contribution in [2.24, 2.45) is 0 Å². The molecule has 0 aliphatic heterocycles. The molecule has 0 saturated carbocycles. The zero-order valence-electron chi connectivity index (χ0n) is 14.9. The second-order valence-electron chi connectivity index (χ2n) is 6.12. The molecule has 3 rings (SSSR count). The number of hydrogen-bond donors (Lipinski definition) is 1. The van der Waals surface area contributed by atoms with Gasteiger partial charge in [-0.2, -0.15) is 0 Å². The van der Waals surface area contributed by atoms with Crippen molar-refractivity contribution in [3.05, 3.63) is 82.4 Å². The first kappa shape index (κ1) is 19.8. The third-order valence-electron chi connectivity index (χ3n) is 4.10. The quantitative estimate of drug-likeness (QED) is 0.683. The minimum Gasteiger partial charge on any atom is -0.298 e. The van der Waals surface area contributed by atoms with Crippen LogP contribution in [-0.2, 0) is 16.6 Å². The Balaban J connectivity index is 1.68. The van der Waals surface area contributed by atoms with Gasteiger partial charge in [0.25, 0.3) is 5.56 Å². The maximum absolute atomic E-state index is 13.3. The van der Waals surface area contributed by atoms with Crippen LogP contribution in [0.2, 0.25) is 0 Å². The highest BCUT2D eigenvalue weighted by Gasteiger charge is 2.15. The van der Waals surface area contributed by atoms with Gasteiger partial charge in [-0.3, -0.25) is 9.36 Å². The van der Waals surface area contributed by atoms with E-state index in [4.69, 9.17) is 0 Å². The Morgan fingerprint density at radius 1 is 1.07 bits per heavy atom. The van der Waals surface area contributed by atoms with Crippen LogP contribution in [-0.4, -0.2) is 24.5 Å². The van der Waals surface area contributed by atoms with Gasteiger partial charge >= 0.3 is 0 Å². The number of sulfonamides is 1. The Bertz CT molecular complexity index is 1160. The van der Waals surface area contributed by atoms with Crippen molar-refractivity contribution in [3.63, 3.8) is 0 Å². The summed E-state index contributed by atoms with van der Waals surface area (Å²) in [5, 5.41) is 0. The number of nitrogens with one attached hydrogen (secondary N) is 1. The lowest BCUT2D eigenvalue weighted by Crippen LogP contribution is -2.31. The van der Waals surface area contributed by atoms with E-state index in [0.717, 1.165) is 6.07 Å². The van der Waals surface area contributed by atoms with Crippen LogP contribution in [0.25, 0.3) is 11.3 Å². The molecule has 0 atom stereocenters. The molecule has 9 heteroatoms. The van der Waals surface area contributed by atoms with Crippen LogP contribution in [0.4, 0.5) is 8.78 Å². The molecule has 6 nitrogen and oxygen atoms in total. The molecule has 0 aliphatic carbocycles. The lowest BCUT2D eigenvalue weighted by Gasteiger charge is -2.10. The van der Waals surface area contributed by atoms with E-state index in [0.29, 0.717) is 11.3 Å². The summed E-state index contributed by atoms with van der Waals surface area (Å²) in [6.45, 7) is 1.49. The van der Waals surface area contributed by atoms with Crippen molar-refractivity contribution in [1.82, 2.24) is 14.3 Å². The summed E-state index contributed by atoms with van der Waals surface area (Å²) in [6, 6.07) is 10.4. The molecule has 3 aromatic rings. The summed E-state index contributed by atoms with van der Waals surface area (Å²) in [6.07, 6.45) is 1.30. The Morgan fingerprint density at radius 3 is 2.43 bits per heavy atom. The highest BCUT2D eigenvalue weighted by atomic mass is 32.2. The van der Waals surface area contributed by atoms with E-state index in [1.54, 1.807) is 0 Å². The van der Waals surface area contributed by atoms with E-state index in [9.17, 15) is 22.0 Å². The number of aryl methyl sites for hydroxylation is 1. The zero-order valence-corrected chi connectivity index (χ0v) is 15.7. The first-order valence-electron chi connectivity index (χ1n) is 8.34. The molecule has 0 aliphatic rings. The SMILES string of the molecule is Cc1cc(S(=O)(=O)NCCn2cnc(-c3ccc(F)cc3)cc2=O)ccc1F. The molecule has 0 unspecified atom stereocenters. The van der Waals surface area contributed by atoms with E-state index < -0.39 is 15.8 Å². The molecule has 1 N–H and O–H groups in total. The van der Waals surface area contributed by atoms with Crippen molar-refractivity contribution in [2.45, 2.75) is 18.4 Å². The first-order valence-corrected chi connectivity index (χ1v) is 9.83. The molecule has 0 amide bonds. The molecular formula is C19H17F2N3O3S. The summed E-state index contributed by atoms with van der Waals surface area (Å²) in [5.41, 5.74) is 0.840. The third kappa shape index (κ3) is 4.49. The average Bonchev–Trinajstić information content (AvgIpc) is 2.65. The highest BCUT2D eigenvalue weighted by molar-refractivity contribution is 7.89.